The number of rotatable bonds is 5. The molecule has 3 rings (SSSR count). The first-order chi connectivity index (χ1) is 11.6. The molecule has 0 fully saturated rings. The van der Waals surface area contributed by atoms with E-state index in [0.717, 1.165) is 39.5 Å². The predicted molar refractivity (Wildman–Crippen MR) is 91.4 cm³/mol. The summed E-state index contributed by atoms with van der Waals surface area (Å²) in [4.78, 5) is 8.86. The van der Waals surface area contributed by atoms with Crippen molar-refractivity contribution >= 4 is 11.8 Å². The van der Waals surface area contributed by atoms with Gasteiger partial charge < -0.3 is 4.57 Å². The van der Waals surface area contributed by atoms with E-state index in [1.807, 2.05) is 24.5 Å². The minimum atomic E-state index is -0.264. The minimum absolute atomic E-state index is 0.264. The summed E-state index contributed by atoms with van der Waals surface area (Å²) >= 11 is 1.47. The van der Waals surface area contributed by atoms with Gasteiger partial charge in [0.2, 0.25) is 0 Å². The van der Waals surface area contributed by atoms with Gasteiger partial charge in [-0.05, 0) is 62.4 Å². The van der Waals surface area contributed by atoms with Crippen LogP contribution >= 0.6 is 11.8 Å². The maximum atomic E-state index is 13.1. The van der Waals surface area contributed by atoms with Crippen LogP contribution in [0.4, 0.5) is 4.39 Å². The molecule has 0 aliphatic heterocycles. The highest BCUT2D eigenvalue weighted by molar-refractivity contribution is 7.99. The number of halogens is 1. The zero-order valence-electron chi connectivity index (χ0n) is 13.8. The molecule has 0 N–H and O–H groups in total. The van der Waals surface area contributed by atoms with Gasteiger partial charge in [0.1, 0.15) is 16.7 Å². The van der Waals surface area contributed by atoms with Crippen LogP contribution in [0.2, 0.25) is 0 Å². The van der Waals surface area contributed by atoms with Gasteiger partial charge in [0.05, 0.1) is 0 Å². The molecule has 1 aromatic carbocycles. The van der Waals surface area contributed by atoms with Crippen LogP contribution < -0.4 is 0 Å². The Labute approximate surface area is 144 Å². The van der Waals surface area contributed by atoms with Crippen molar-refractivity contribution in [1.29, 1.82) is 0 Å². The lowest BCUT2D eigenvalue weighted by Gasteiger charge is -2.08. The number of aryl methyl sites for hydroxylation is 2. The largest absolute Gasteiger partial charge is 0.302 e. The molecular weight excluding hydrogens is 325 g/mol. The molecular formula is C17H18FN5S. The molecule has 0 spiro atoms. The van der Waals surface area contributed by atoms with Crippen molar-refractivity contribution in [2.24, 2.45) is 0 Å². The molecule has 0 bridgehead atoms. The van der Waals surface area contributed by atoms with E-state index in [9.17, 15) is 4.39 Å². The van der Waals surface area contributed by atoms with Gasteiger partial charge in [-0.3, -0.25) is 0 Å². The van der Waals surface area contributed by atoms with Gasteiger partial charge in [-0.2, -0.15) is 0 Å². The van der Waals surface area contributed by atoms with E-state index < -0.39 is 0 Å². The Hall–Kier alpha value is -2.28. The second-order valence-electron chi connectivity index (χ2n) is 5.26. The van der Waals surface area contributed by atoms with E-state index in [-0.39, 0.29) is 5.82 Å². The van der Waals surface area contributed by atoms with Crippen molar-refractivity contribution in [1.82, 2.24) is 24.7 Å². The summed E-state index contributed by atoms with van der Waals surface area (Å²) in [5.74, 6) is 1.21. The Morgan fingerprint density at radius 1 is 1.08 bits per heavy atom. The van der Waals surface area contributed by atoms with Gasteiger partial charge in [0, 0.05) is 17.8 Å². The highest BCUT2D eigenvalue weighted by Gasteiger charge is 2.15. The van der Waals surface area contributed by atoms with Crippen LogP contribution in [0, 0.1) is 12.7 Å². The second kappa shape index (κ2) is 7.09. The van der Waals surface area contributed by atoms with Crippen LogP contribution in [-0.4, -0.2) is 24.7 Å². The van der Waals surface area contributed by atoms with Crippen molar-refractivity contribution in [2.45, 2.75) is 43.9 Å². The monoisotopic (exact) mass is 343 g/mol. The predicted octanol–water partition coefficient (Wildman–Crippen LogP) is 3.92. The maximum Gasteiger partial charge on any atom is 0.197 e. The Morgan fingerprint density at radius 3 is 2.50 bits per heavy atom. The Balaban J connectivity index is 1.95. The summed E-state index contributed by atoms with van der Waals surface area (Å²) in [6.45, 7) is 6.70. The quantitative estimate of drug-likeness (QED) is 0.657. The standard InChI is InChI=1S/C17H18FN5S/c1-4-14-10-15(20-11(3)19-14)24-17-22-21-16(23(17)5-2)12-6-8-13(18)9-7-12/h6-10H,4-5H2,1-3H3. The third-order valence-electron chi connectivity index (χ3n) is 3.56. The van der Waals surface area contributed by atoms with Gasteiger partial charge in [-0.1, -0.05) is 6.92 Å². The molecule has 0 aliphatic rings. The fourth-order valence-corrected chi connectivity index (χ4v) is 3.36. The van der Waals surface area contributed by atoms with Crippen molar-refractivity contribution in [2.75, 3.05) is 0 Å². The summed E-state index contributed by atoms with van der Waals surface area (Å²) in [5.41, 5.74) is 1.84. The molecule has 0 aliphatic carbocycles. The molecule has 5 nitrogen and oxygen atoms in total. The molecule has 2 heterocycles. The molecule has 7 heteroatoms. The lowest BCUT2D eigenvalue weighted by Crippen LogP contribution is -2.01. The van der Waals surface area contributed by atoms with Crippen LogP contribution in [0.1, 0.15) is 25.4 Å². The fourth-order valence-electron chi connectivity index (χ4n) is 2.39. The van der Waals surface area contributed by atoms with E-state index in [0.29, 0.717) is 6.54 Å². The summed E-state index contributed by atoms with van der Waals surface area (Å²) in [5, 5.41) is 10.2. The van der Waals surface area contributed by atoms with Crippen molar-refractivity contribution in [3.8, 4) is 11.4 Å². The first kappa shape index (κ1) is 16.6. The van der Waals surface area contributed by atoms with Gasteiger partial charge >= 0.3 is 0 Å². The van der Waals surface area contributed by atoms with Gasteiger partial charge in [0.25, 0.3) is 0 Å². The molecule has 0 unspecified atom stereocenters. The molecule has 0 amide bonds. The van der Waals surface area contributed by atoms with Crippen molar-refractivity contribution < 1.29 is 4.39 Å². The Morgan fingerprint density at radius 2 is 1.83 bits per heavy atom. The average Bonchev–Trinajstić information content (AvgIpc) is 2.97. The highest BCUT2D eigenvalue weighted by atomic mass is 32.2. The van der Waals surface area contributed by atoms with Crippen LogP contribution in [0.3, 0.4) is 0 Å². The summed E-state index contributed by atoms with van der Waals surface area (Å²) in [6.07, 6.45) is 0.859. The van der Waals surface area contributed by atoms with Crippen LogP contribution in [0.5, 0.6) is 0 Å². The number of hydrogen-bond acceptors (Lipinski definition) is 5. The third-order valence-corrected chi connectivity index (χ3v) is 4.46. The highest BCUT2D eigenvalue weighted by Crippen LogP contribution is 2.29. The molecule has 3 aromatic rings. The first-order valence-electron chi connectivity index (χ1n) is 7.82. The van der Waals surface area contributed by atoms with Gasteiger partial charge in [0.15, 0.2) is 11.0 Å². The number of benzene rings is 1. The van der Waals surface area contributed by atoms with Gasteiger partial charge in [-0.15, -0.1) is 10.2 Å². The lowest BCUT2D eigenvalue weighted by atomic mass is 10.2. The minimum Gasteiger partial charge on any atom is -0.302 e. The molecule has 0 saturated heterocycles. The third kappa shape index (κ3) is 3.46. The second-order valence-corrected chi connectivity index (χ2v) is 6.25. The Kier molecular flexibility index (Phi) is 4.89. The average molecular weight is 343 g/mol. The molecule has 0 radical (unpaired) electrons. The van der Waals surface area contributed by atoms with E-state index in [2.05, 4.69) is 27.1 Å². The number of hydrogen-bond donors (Lipinski definition) is 0. The zero-order chi connectivity index (χ0) is 17.1. The van der Waals surface area contributed by atoms with Gasteiger partial charge in [-0.25, -0.2) is 14.4 Å². The smallest absolute Gasteiger partial charge is 0.197 e. The molecule has 124 valence electrons. The number of nitrogens with zero attached hydrogens (tertiary/aromatic N) is 5. The summed E-state index contributed by atoms with van der Waals surface area (Å²) in [7, 11) is 0. The Bertz CT molecular complexity index is 845. The number of aromatic nitrogens is 5. The molecule has 2 aromatic heterocycles. The molecule has 0 saturated carbocycles. The zero-order valence-corrected chi connectivity index (χ0v) is 14.6. The molecule has 24 heavy (non-hydrogen) atoms. The summed E-state index contributed by atoms with van der Waals surface area (Å²) < 4.78 is 15.1. The van der Waals surface area contributed by atoms with Crippen LogP contribution in [0.15, 0.2) is 40.5 Å². The topological polar surface area (TPSA) is 56.5 Å². The van der Waals surface area contributed by atoms with E-state index in [1.165, 1.54) is 23.9 Å². The van der Waals surface area contributed by atoms with Crippen LogP contribution in [0.25, 0.3) is 11.4 Å². The lowest BCUT2D eigenvalue weighted by molar-refractivity contribution is 0.627. The van der Waals surface area contributed by atoms with Crippen LogP contribution in [-0.2, 0) is 13.0 Å². The van der Waals surface area contributed by atoms with E-state index >= 15 is 0 Å². The van der Waals surface area contributed by atoms with Crippen molar-refractivity contribution in [3.05, 3.63) is 47.7 Å². The SMILES string of the molecule is CCc1cc(Sc2nnc(-c3ccc(F)cc3)n2CC)nc(C)n1. The van der Waals surface area contributed by atoms with E-state index in [1.54, 1.807) is 12.1 Å². The molecule has 0 atom stereocenters. The summed E-state index contributed by atoms with van der Waals surface area (Å²) in [6, 6.07) is 8.26. The maximum absolute atomic E-state index is 13.1. The normalized spacial score (nSPS) is 11.0. The van der Waals surface area contributed by atoms with E-state index in [4.69, 9.17) is 0 Å². The first-order valence-corrected chi connectivity index (χ1v) is 8.64. The fraction of sp³-hybridized carbons (Fsp3) is 0.294. The van der Waals surface area contributed by atoms with Crippen molar-refractivity contribution in [3.63, 3.8) is 0 Å².